The highest BCUT2D eigenvalue weighted by molar-refractivity contribution is 6.01. The molecule has 2 N–H and O–H groups in total. The Hall–Kier alpha value is -2.67. The van der Waals surface area contributed by atoms with E-state index in [0.717, 1.165) is 35.9 Å². The number of aromatic nitrogens is 3. The van der Waals surface area contributed by atoms with Crippen molar-refractivity contribution in [1.29, 1.82) is 0 Å². The van der Waals surface area contributed by atoms with Gasteiger partial charge in [-0.2, -0.15) is 4.98 Å². The first-order valence-corrected chi connectivity index (χ1v) is 8.93. The molecule has 1 saturated heterocycles. The van der Waals surface area contributed by atoms with Crippen LogP contribution in [0.25, 0.3) is 10.9 Å². The standard InChI is InChI=1S/C19H22N4O3/c1-11-5-6-14-13(10-11)12(2)17(21-14)18(24)20-8-7-16-22-19(26-23-16)15-4-3-9-25-15/h5-6,10,15,21H,3-4,7-9H2,1-2H3,(H,20,24)/t15-/m1/s1. The molecular formula is C19H22N4O3. The van der Waals surface area contributed by atoms with E-state index in [-0.39, 0.29) is 12.0 Å². The molecule has 7 nitrogen and oxygen atoms in total. The third-order valence-corrected chi connectivity index (χ3v) is 4.76. The summed E-state index contributed by atoms with van der Waals surface area (Å²) in [6, 6.07) is 6.12. The quantitative estimate of drug-likeness (QED) is 0.735. The zero-order chi connectivity index (χ0) is 18.1. The van der Waals surface area contributed by atoms with Crippen LogP contribution in [0.5, 0.6) is 0 Å². The highest BCUT2D eigenvalue weighted by Crippen LogP contribution is 2.27. The second kappa shape index (κ2) is 6.92. The van der Waals surface area contributed by atoms with Crippen LogP contribution in [-0.2, 0) is 11.2 Å². The van der Waals surface area contributed by atoms with Gasteiger partial charge in [-0.3, -0.25) is 4.79 Å². The third-order valence-electron chi connectivity index (χ3n) is 4.76. The van der Waals surface area contributed by atoms with Crippen LogP contribution in [0.1, 0.15) is 52.3 Å². The number of ether oxygens (including phenoxy) is 1. The number of carbonyl (C=O) groups excluding carboxylic acids is 1. The smallest absolute Gasteiger partial charge is 0.268 e. The van der Waals surface area contributed by atoms with E-state index >= 15 is 0 Å². The molecular weight excluding hydrogens is 332 g/mol. The lowest BCUT2D eigenvalue weighted by atomic mass is 10.1. The molecule has 0 radical (unpaired) electrons. The average molecular weight is 354 g/mol. The highest BCUT2D eigenvalue weighted by Gasteiger charge is 2.23. The number of nitrogens with zero attached hydrogens (tertiary/aromatic N) is 2. The molecule has 0 unspecified atom stereocenters. The number of aryl methyl sites for hydroxylation is 2. The topological polar surface area (TPSA) is 93.0 Å². The monoisotopic (exact) mass is 354 g/mol. The zero-order valence-electron chi connectivity index (χ0n) is 15.0. The van der Waals surface area contributed by atoms with Gasteiger partial charge in [0, 0.05) is 30.5 Å². The average Bonchev–Trinajstić information content (AvgIpc) is 3.35. The summed E-state index contributed by atoms with van der Waals surface area (Å²) in [6.45, 7) is 5.18. The molecule has 0 saturated carbocycles. The Kier molecular flexibility index (Phi) is 4.46. The van der Waals surface area contributed by atoms with Gasteiger partial charge in [-0.1, -0.05) is 16.8 Å². The maximum absolute atomic E-state index is 12.5. The number of benzene rings is 1. The lowest BCUT2D eigenvalue weighted by molar-refractivity contribution is 0.0835. The molecule has 1 aliphatic heterocycles. The second-order valence-electron chi connectivity index (χ2n) is 6.73. The summed E-state index contributed by atoms with van der Waals surface area (Å²) in [5.74, 6) is 0.990. The number of amides is 1. The SMILES string of the molecule is Cc1ccc2[nH]c(C(=O)NCCc3noc([C@H]4CCCO4)n3)c(C)c2c1. The normalized spacial score (nSPS) is 17.1. The third kappa shape index (κ3) is 3.22. The molecule has 0 aliphatic carbocycles. The number of hydrogen-bond donors (Lipinski definition) is 2. The maximum atomic E-state index is 12.5. The van der Waals surface area contributed by atoms with Gasteiger partial charge in [0.1, 0.15) is 11.8 Å². The van der Waals surface area contributed by atoms with Crippen molar-refractivity contribution in [3.8, 4) is 0 Å². The van der Waals surface area contributed by atoms with Crippen LogP contribution in [0.4, 0.5) is 0 Å². The molecule has 0 spiro atoms. The van der Waals surface area contributed by atoms with Gasteiger partial charge in [-0.05, 0) is 44.4 Å². The number of rotatable bonds is 5. The molecule has 1 fully saturated rings. The van der Waals surface area contributed by atoms with Gasteiger partial charge in [-0.25, -0.2) is 0 Å². The van der Waals surface area contributed by atoms with Gasteiger partial charge in [0.2, 0.25) is 0 Å². The van der Waals surface area contributed by atoms with E-state index < -0.39 is 0 Å². The summed E-state index contributed by atoms with van der Waals surface area (Å²) in [4.78, 5) is 20.1. The van der Waals surface area contributed by atoms with Crippen LogP contribution < -0.4 is 5.32 Å². The molecule has 7 heteroatoms. The van der Waals surface area contributed by atoms with Gasteiger partial charge in [-0.15, -0.1) is 0 Å². The van der Waals surface area contributed by atoms with Gasteiger partial charge in [0.15, 0.2) is 5.82 Å². The Morgan fingerprint density at radius 1 is 1.38 bits per heavy atom. The minimum Gasteiger partial charge on any atom is -0.368 e. The first-order chi connectivity index (χ1) is 12.6. The minimum absolute atomic E-state index is 0.0803. The molecule has 1 aromatic carbocycles. The molecule has 136 valence electrons. The molecule has 1 amide bonds. The van der Waals surface area contributed by atoms with Crippen LogP contribution >= 0.6 is 0 Å². The van der Waals surface area contributed by atoms with E-state index in [4.69, 9.17) is 9.26 Å². The molecule has 2 aromatic heterocycles. The van der Waals surface area contributed by atoms with Crippen LogP contribution in [0.2, 0.25) is 0 Å². The Balaban J connectivity index is 1.37. The predicted octanol–water partition coefficient (Wildman–Crippen LogP) is 2.99. The van der Waals surface area contributed by atoms with Crippen molar-refractivity contribution in [3.05, 3.63) is 46.7 Å². The van der Waals surface area contributed by atoms with Gasteiger partial charge >= 0.3 is 0 Å². The molecule has 0 bridgehead atoms. The highest BCUT2D eigenvalue weighted by atomic mass is 16.5. The van der Waals surface area contributed by atoms with Crippen molar-refractivity contribution >= 4 is 16.8 Å². The molecule has 3 heterocycles. The molecule has 1 aliphatic rings. The lowest BCUT2D eigenvalue weighted by Gasteiger charge is -2.03. The lowest BCUT2D eigenvalue weighted by Crippen LogP contribution is -2.26. The number of fused-ring (bicyclic) bond motifs is 1. The molecule has 26 heavy (non-hydrogen) atoms. The summed E-state index contributed by atoms with van der Waals surface area (Å²) in [6.07, 6.45) is 2.36. The second-order valence-corrected chi connectivity index (χ2v) is 6.73. The van der Waals surface area contributed by atoms with Crippen molar-refractivity contribution in [2.24, 2.45) is 0 Å². The van der Waals surface area contributed by atoms with Crippen molar-refractivity contribution < 1.29 is 14.1 Å². The number of aromatic amines is 1. The van der Waals surface area contributed by atoms with Crippen molar-refractivity contribution in [1.82, 2.24) is 20.4 Å². The van der Waals surface area contributed by atoms with E-state index in [0.29, 0.717) is 30.4 Å². The number of H-pyrrole nitrogens is 1. The fourth-order valence-corrected chi connectivity index (χ4v) is 3.32. The van der Waals surface area contributed by atoms with E-state index in [9.17, 15) is 4.79 Å². The van der Waals surface area contributed by atoms with Crippen LogP contribution in [0.3, 0.4) is 0 Å². The first-order valence-electron chi connectivity index (χ1n) is 8.93. The first kappa shape index (κ1) is 16.8. The van der Waals surface area contributed by atoms with Gasteiger partial charge in [0.25, 0.3) is 11.8 Å². The van der Waals surface area contributed by atoms with Crippen LogP contribution in [0.15, 0.2) is 22.7 Å². The fraction of sp³-hybridized carbons (Fsp3) is 0.421. The Morgan fingerprint density at radius 2 is 2.27 bits per heavy atom. The Bertz CT molecular complexity index is 938. The van der Waals surface area contributed by atoms with Crippen molar-refractivity contribution in [3.63, 3.8) is 0 Å². The van der Waals surface area contributed by atoms with E-state index in [1.165, 1.54) is 5.56 Å². The van der Waals surface area contributed by atoms with E-state index in [1.54, 1.807) is 0 Å². The van der Waals surface area contributed by atoms with Crippen LogP contribution in [-0.4, -0.2) is 34.2 Å². The minimum atomic E-state index is -0.126. The van der Waals surface area contributed by atoms with Crippen molar-refractivity contribution in [2.75, 3.05) is 13.2 Å². The van der Waals surface area contributed by atoms with Gasteiger partial charge < -0.3 is 19.6 Å². The van der Waals surface area contributed by atoms with Crippen LogP contribution in [0, 0.1) is 13.8 Å². The molecule has 1 atom stereocenters. The van der Waals surface area contributed by atoms with Gasteiger partial charge in [0.05, 0.1) is 0 Å². The van der Waals surface area contributed by atoms with E-state index in [1.807, 2.05) is 26.0 Å². The summed E-state index contributed by atoms with van der Waals surface area (Å²) in [7, 11) is 0. The molecule has 3 aromatic rings. The number of nitrogens with one attached hydrogen (secondary N) is 2. The largest absolute Gasteiger partial charge is 0.368 e. The number of carbonyl (C=O) groups is 1. The summed E-state index contributed by atoms with van der Waals surface area (Å²) >= 11 is 0. The Morgan fingerprint density at radius 3 is 3.08 bits per heavy atom. The summed E-state index contributed by atoms with van der Waals surface area (Å²) in [5, 5.41) is 7.96. The fourth-order valence-electron chi connectivity index (χ4n) is 3.32. The zero-order valence-corrected chi connectivity index (χ0v) is 15.0. The Labute approximate surface area is 151 Å². The maximum Gasteiger partial charge on any atom is 0.268 e. The van der Waals surface area contributed by atoms with E-state index in [2.05, 4.69) is 26.5 Å². The van der Waals surface area contributed by atoms with Crippen molar-refractivity contribution in [2.45, 2.75) is 39.2 Å². The number of hydrogen-bond acceptors (Lipinski definition) is 5. The predicted molar refractivity (Wildman–Crippen MR) is 96.0 cm³/mol. The summed E-state index contributed by atoms with van der Waals surface area (Å²) in [5.41, 5.74) is 3.70. The summed E-state index contributed by atoms with van der Waals surface area (Å²) < 4.78 is 10.8. The molecule has 4 rings (SSSR count).